The maximum absolute atomic E-state index is 12.9. The number of carbonyl (C=O) groups is 1. The van der Waals surface area contributed by atoms with Crippen LogP contribution in [-0.4, -0.2) is 38.5 Å². The summed E-state index contributed by atoms with van der Waals surface area (Å²) in [6.45, 7) is 0.193. The van der Waals surface area contributed by atoms with Crippen LogP contribution >= 0.6 is 11.8 Å². The molecule has 0 unspecified atom stereocenters. The van der Waals surface area contributed by atoms with Crippen LogP contribution in [0.25, 0.3) is 0 Å². The van der Waals surface area contributed by atoms with E-state index in [2.05, 4.69) is 5.32 Å². The first-order valence-electron chi connectivity index (χ1n) is 7.99. The van der Waals surface area contributed by atoms with Crippen LogP contribution in [0.4, 0.5) is 10.1 Å². The minimum atomic E-state index is -3.69. The van der Waals surface area contributed by atoms with Gasteiger partial charge in [0.05, 0.1) is 4.90 Å². The molecule has 0 aliphatic heterocycles. The van der Waals surface area contributed by atoms with Crippen molar-refractivity contribution < 1.29 is 17.6 Å². The second-order valence-corrected chi connectivity index (χ2v) is 8.59. The quantitative estimate of drug-likeness (QED) is 0.693. The first kappa shape index (κ1) is 20.4. The molecule has 0 radical (unpaired) electrons. The van der Waals surface area contributed by atoms with Crippen molar-refractivity contribution in [1.29, 1.82) is 0 Å². The Balaban J connectivity index is 1.83. The van der Waals surface area contributed by atoms with Crippen LogP contribution in [0.1, 0.15) is 12.8 Å². The van der Waals surface area contributed by atoms with Gasteiger partial charge in [0.2, 0.25) is 15.9 Å². The lowest BCUT2D eigenvalue weighted by atomic mass is 10.2. The molecule has 0 fully saturated rings. The molecule has 0 atom stereocenters. The molecular weight excluding hydrogens is 375 g/mol. The van der Waals surface area contributed by atoms with Crippen molar-refractivity contribution in [3.63, 3.8) is 0 Å². The number of anilines is 1. The zero-order valence-corrected chi connectivity index (χ0v) is 16.2. The SMILES string of the molecule is CSc1ccc(NC(=O)CCCN(C)S(=O)(=O)c2ccc(F)cc2)cc1. The Morgan fingerprint density at radius 2 is 1.73 bits per heavy atom. The summed E-state index contributed by atoms with van der Waals surface area (Å²) in [7, 11) is -2.25. The number of thioether (sulfide) groups is 1. The molecule has 0 saturated carbocycles. The maximum Gasteiger partial charge on any atom is 0.242 e. The summed E-state index contributed by atoms with van der Waals surface area (Å²) >= 11 is 1.62. The van der Waals surface area contributed by atoms with Crippen molar-refractivity contribution in [1.82, 2.24) is 4.31 Å². The number of hydrogen-bond donors (Lipinski definition) is 1. The summed E-state index contributed by atoms with van der Waals surface area (Å²) in [5.41, 5.74) is 0.708. The van der Waals surface area contributed by atoms with E-state index in [1.54, 1.807) is 11.8 Å². The van der Waals surface area contributed by atoms with Crippen LogP contribution in [0.5, 0.6) is 0 Å². The molecule has 0 aromatic heterocycles. The standard InChI is InChI=1S/C18H21FN2O3S2/c1-21(26(23,24)17-11-5-14(19)6-12-17)13-3-4-18(22)20-15-7-9-16(25-2)10-8-15/h5-12H,3-4,13H2,1-2H3,(H,20,22). The number of benzene rings is 2. The van der Waals surface area contributed by atoms with Gasteiger partial charge in [0.25, 0.3) is 0 Å². The predicted octanol–water partition coefficient (Wildman–Crippen LogP) is 3.59. The zero-order chi connectivity index (χ0) is 19.2. The van der Waals surface area contributed by atoms with E-state index >= 15 is 0 Å². The van der Waals surface area contributed by atoms with E-state index in [0.717, 1.165) is 17.0 Å². The van der Waals surface area contributed by atoms with Crippen LogP contribution in [0, 0.1) is 5.82 Å². The van der Waals surface area contributed by atoms with Crippen molar-refractivity contribution in [3.05, 3.63) is 54.3 Å². The lowest BCUT2D eigenvalue weighted by molar-refractivity contribution is -0.116. The first-order valence-corrected chi connectivity index (χ1v) is 10.7. The molecular formula is C18H21FN2O3S2. The molecule has 2 aromatic rings. The number of amides is 1. The molecule has 0 spiro atoms. The van der Waals surface area contributed by atoms with E-state index in [9.17, 15) is 17.6 Å². The van der Waals surface area contributed by atoms with Gasteiger partial charge in [0.15, 0.2) is 0 Å². The van der Waals surface area contributed by atoms with Gasteiger partial charge in [-0.05, 0) is 61.2 Å². The molecule has 140 valence electrons. The van der Waals surface area contributed by atoms with Crippen molar-refractivity contribution in [3.8, 4) is 0 Å². The van der Waals surface area contributed by atoms with E-state index in [0.29, 0.717) is 12.1 Å². The van der Waals surface area contributed by atoms with Crippen LogP contribution in [-0.2, 0) is 14.8 Å². The average molecular weight is 397 g/mol. The van der Waals surface area contributed by atoms with E-state index in [-0.39, 0.29) is 23.8 Å². The lowest BCUT2D eigenvalue weighted by Gasteiger charge is -2.17. The number of sulfonamides is 1. The second kappa shape index (κ2) is 9.16. The monoisotopic (exact) mass is 396 g/mol. The van der Waals surface area contributed by atoms with Gasteiger partial charge in [-0.3, -0.25) is 4.79 Å². The molecule has 0 aliphatic carbocycles. The first-order chi connectivity index (χ1) is 12.3. The summed E-state index contributed by atoms with van der Waals surface area (Å²) in [5.74, 6) is -0.664. The van der Waals surface area contributed by atoms with Gasteiger partial charge in [0, 0.05) is 30.6 Å². The Morgan fingerprint density at radius 1 is 1.12 bits per heavy atom. The third-order valence-corrected chi connectivity index (χ3v) is 6.39. The lowest BCUT2D eigenvalue weighted by Crippen LogP contribution is -2.28. The Kier molecular flexibility index (Phi) is 7.19. The van der Waals surface area contributed by atoms with Crippen LogP contribution < -0.4 is 5.32 Å². The molecule has 0 bridgehead atoms. The highest BCUT2D eigenvalue weighted by Crippen LogP contribution is 2.18. The largest absolute Gasteiger partial charge is 0.326 e. The molecule has 1 N–H and O–H groups in total. The minimum absolute atomic E-state index is 0.0275. The van der Waals surface area contributed by atoms with E-state index in [1.165, 1.54) is 23.5 Å². The van der Waals surface area contributed by atoms with Crippen molar-refractivity contribution in [2.24, 2.45) is 0 Å². The topological polar surface area (TPSA) is 66.5 Å². The molecule has 8 heteroatoms. The third-order valence-electron chi connectivity index (χ3n) is 3.77. The van der Waals surface area contributed by atoms with Crippen molar-refractivity contribution in [2.45, 2.75) is 22.6 Å². The van der Waals surface area contributed by atoms with Gasteiger partial charge in [0.1, 0.15) is 5.82 Å². The Bertz CT molecular complexity index is 838. The Labute approximate surface area is 157 Å². The summed E-state index contributed by atoms with van der Waals surface area (Å²) < 4.78 is 38.8. The van der Waals surface area contributed by atoms with Crippen molar-refractivity contribution in [2.75, 3.05) is 25.2 Å². The van der Waals surface area contributed by atoms with E-state index in [4.69, 9.17) is 0 Å². The summed E-state index contributed by atoms with van der Waals surface area (Å²) in [6.07, 6.45) is 2.56. The normalized spacial score (nSPS) is 11.5. The molecule has 26 heavy (non-hydrogen) atoms. The van der Waals surface area contributed by atoms with Gasteiger partial charge in [-0.25, -0.2) is 17.1 Å². The van der Waals surface area contributed by atoms with Gasteiger partial charge in [-0.15, -0.1) is 11.8 Å². The molecule has 2 rings (SSSR count). The predicted molar refractivity (Wildman–Crippen MR) is 102 cm³/mol. The van der Waals surface area contributed by atoms with E-state index in [1.807, 2.05) is 30.5 Å². The highest BCUT2D eigenvalue weighted by atomic mass is 32.2. The summed E-state index contributed by atoms with van der Waals surface area (Å²) in [5, 5.41) is 2.79. The molecule has 1 amide bonds. The fourth-order valence-electron chi connectivity index (χ4n) is 2.27. The van der Waals surface area contributed by atoms with Crippen LogP contribution in [0.3, 0.4) is 0 Å². The second-order valence-electron chi connectivity index (χ2n) is 5.66. The van der Waals surface area contributed by atoms with E-state index < -0.39 is 15.8 Å². The zero-order valence-electron chi connectivity index (χ0n) is 14.6. The molecule has 0 saturated heterocycles. The third kappa shape index (κ3) is 5.55. The molecule has 0 heterocycles. The fourth-order valence-corrected chi connectivity index (χ4v) is 3.88. The number of nitrogens with one attached hydrogen (secondary N) is 1. The molecule has 2 aromatic carbocycles. The summed E-state index contributed by atoms with van der Waals surface area (Å²) in [6, 6.07) is 12.2. The smallest absolute Gasteiger partial charge is 0.242 e. The number of nitrogens with zero attached hydrogens (tertiary/aromatic N) is 1. The number of rotatable bonds is 8. The van der Waals surface area contributed by atoms with Crippen LogP contribution in [0.2, 0.25) is 0 Å². The summed E-state index contributed by atoms with van der Waals surface area (Å²) in [4.78, 5) is 13.1. The number of carbonyl (C=O) groups excluding carboxylic acids is 1. The maximum atomic E-state index is 12.9. The Morgan fingerprint density at radius 3 is 2.31 bits per heavy atom. The Hall–Kier alpha value is -1.90. The number of halogens is 1. The highest BCUT2D eigenvalue weighted by molar-refractivity contribution is 7.98. The van der Waals surface area contributed by atoms with Crippen LogP contribution in [0.15, 0.2) is 58.3 Å². The number of hydrogen-bond acceptors (Lipinski definition) is 4. The van der Waals surface area contributed by atoms with Gasteiger partial charge in [-0.2, -0.15) is 0 Å². The molecule has 0 aliphatic rings. The minimum Gasteiger partial charge on any atom is -0.326 e. The average Bonchev–Trinajstić information content (AvgIpc) is 2.62. The highest BCUT2D eigenvalue weighted by Gasteiger charge is 2.20. The van der Waals surface area contributed by atoms with Crippen molar-refractivity contribution >= 4 is 33.4 Å². The molecule has 5 nitrogen and oxygen atoms in total. The van der Waals surface area contributed by atoms with Gasteiger partial charge >= 0.3 is 0 Å². The fraction of sp³-hybridized carbons (Fsp3) is 0.278. The van der Waals surface area contributed by atoms with Gasteiger partial charge < -0.3 is 5.32 Å². The van der Waals surface area contributed by atoms with Gasteiger partial charge in [-0.1, -0.05) is 0 Å².